The molecule has 1 unspecified atom stereocenters. The summed E-state index contributed by atoms with van der Waals surface area (Å²) in [6, 6.07) is 8.82. The van der Waals surface area contributed by atoms with E-state index < -0.39 is 22.9 Å². The van der Waals surface area contributed by atoms with Crippen molar-refractivity contribution in [2.45, 2.75) is 51.0 Å². The molecule has 0 saturated carbocycles. The van der Waals surface area contributed by atoms with Crippen molar-refractivity contribution in [2.24, 2.45) is 5.73 Å². The number of amides is 1. The number of para-hydroxylation sites is 1. The molecule has 8 nitrogen and oxygen atoms in total. The molecule has 1 atom stereocenters. The average Bonchev–Trinajstić information content (AvgIpc) is 2.90. The lowest BCUT2D eigenvalue weighted by molar-refractivity contribution is -0.153. The summed E-state index contributed by atoms with van der Waals surface area (Å²) in [5.41, 5.74) is 4.51. The molecule has 1 amide bonds. The van der Waals surface area contributed by atoms with Gasteiger partial charge in [0.1, 0.15) is 35.0 Å². The lowest BCUT2D eigenvalue weighted by Crippen LogP contribution is -2.50. The van der Waals surface area contributed by atoms with Gasteiger partial charge in [0.2, 0.25) is 11.8 Å². The van der Waals surface area contributed by atoms with Gasteiger partial charge in [-0.25, -0.2) is 0 Å². The summed E-state index contributed by atoms with van der Waals surface area (Å²) >= 11 is 0. The maximum atomic E-state index is 14.0. The van der Waals surface area contributed by atoms with Crippen molar-refractivity contribution in [1.29, 1.82) is 5.26 Å². The molecule has 0 aromatic heterocycles. The normalized spacial score (nSPS) is 22.8. The molecule has 0 radical (unpaired) electrons. The van der Waals surface area contributed by atoms with E-state index in [9.17, 15) is 19.6 Å². The highest BCUT2D eigenvalue weighted by molar-refractivity contribution is 6.21. The number of Topliss-reactive ketones (excluding diaryl/α,β-unsaturated/α-hetero) is 1. The van der Waals surface area contributed by atoms with Crippen molar-refractivity contribution < 1.29 is 23.9 Å². The average molecular weight is 421 g/mol. The molecular formula is C23H23N3O5. The van der Waals surface area contributed by atoms with Crippen LogP contribution in [0.25, 0.3) is 0 Å². The zero-order chi connectivity index (χ0) is 22.6. The van der Waals surface area contributed by atoms with Gasteiger partial charge in [-0.2, -0.15) is 5.26 Å². The van der Waals surface area contributed by atoms with Gasteiger partial charge in [0.15, 0.2) is 5.78 Å². The number of esters is 1. The van der Waals surface area contributed by atoms with Gasteiger partial charge in [0.25, 0.3) is 0 Å². The third-order valence-electron chi connectivity index (χ3n) is 5.58. The molecule has 160 valence electrons. The summed E-state index contributed by atoms with van der Waals surface area (Å²) < 4.78 is 11.0. The van der Waals surface area contributed by atoms with Crippen molar-refractivity contribution in [2.75, 3.05) is 11.4 Å². The van der Waals surface area contributed by atoms with E-state index in [4.69, 9.17) is 15.2 Å². The molecule has 1 aliphatic carbocycles. The summed E-state index contributed by atoms with van der Waals surface area (Å²) in [6.45, 7) is 4.85. The number of anilines is 1. The minimum absolute atomic E-state index is 0.134. The van der Waals surface area contributed by atoms with E-state index in [1.165, 1.54) is 4.90 Å². The number of allylic oxidation sites excluding steroid dienone is 1. The fraction of sp³-hybridized carbons (Fsp3) is 0.391. The van der Waals surface area contributed by atoms with Crippen molar-refractivity contribution in [3.05, 3.63) is 52.6 Å². The van der Waals surface area contributed by atoms with E-state index >= 15 is 0 Å². The second-order valence-corrected chi connectivity index (χ2v) is 8.77. The Labute approximate surface area is 179 Å². The number of hydrogen-bond acceptors (Lipinski definition) is 7. The van der Waals surface area contributed by atoms with Crippen molar-refractivity contribution in [3.63, 3.8) is 0 Å². The van der Waals surface area contributed by atoms with Crippen LogP contribution in [0.15, 0.2) is 47.1 Å². The summed E-state index contributed by atoms with van der Waals surface area (Å²) in [5, 5.41) is 9.96. The van der Waals surface area contributed by atoms with E-state index in [-0.39, 0.29) is 35.8 Å². The SMILES string of the molecule is CC(C)(C)OC(=O)CN1C(=O)C2(C(C#N)=C(N)OC3=C2C(=O)CCC3)c2ccccc21. The topological polar surface area (TPSA) is 123 Å². The number of benzene rings is 1. The van der Waals surface area contributed by atoms with E-state index in [2.05, 4.69) is 0 Å². The Morgan fingerprint density at radius 1 is 1.29 bits per heavy atom. The number of hydrogen-bond donors (Lipinski definition) is 1. The Morgan fingerprint density at radius 2 is 2.00 bits per heavy atom. The van der Waals surface area contributed by atoms with E-state index in [0.29, 0.717) is 29.9 Å². The van der Waals surface area contributed by atoms with E-state index in [1.807, 2.05) is 6.07 Å². The Kier molecular flexibility index (Phi) is 4.65. The maximum absolute atomic E-state index is 14.0. The van der Waals surface area contributed by atoms with Crippen LogP contribution in [0.2, 0.25) is 0 Å². The van der Waals surface area contributed by atoms with Gasteiger partial charge < -0.3 is 15.2 Å². The third-order valence-corrected chi connectivity index (χ3v) is 5.58. The van der Waals surface area contributed by atoms with Crippen LogP contribution in [0.1, 0.15) is 45.6 Å². The van der Waals surface area contributed by atoms with Crippen LogP contribution < -0.4 is 10.6 Å². The fourth-order valence-electron chi connectivity index (χ4n) is 4.56. The number of nitrogens with zero attached hydrogens (tertiary/aromatic N) is 2. The minimum Gasteiger partial charge on any atom is -0.459 e. The molecule has 0 bridgehead atoms. The van der Waals surface area contributed by atoms with Crippen molar-refractivity contribution in [3.8, 4) is 6.07 Å². The number of rotatable bonds is 2. The summed E-state index contributed by atoms with van der Waals surface area (Å²) in [7, 11) is 0. The molecule has 1 aromatic carbocycles. The van der Waals surface area contributed by atoms with Crippen LogP contribution in [-0.2, 0) is 29.3 Å². The first-order chi connectivity index (χ1) is 14.6. The third kappa shape index (κ3) is 3.00. The Morgan fingerprint density at radius 3 is 2.68 bits per heavy atom. The molecule has 1 spiro atoms. The highest BCUT2D eigenvalue weighted by Gasteiger charge is 2.62. The molecule has 2 N–H and O–H groups in total. The van der Waals surface area contributed by atoms with Crippen LogP contribution in [-0.4, -0.2) is 29.8 Å². The monoisotopic (exact) mass is 421 g/mol. The number of carbonyl (C=O) groups excluding carboxylic acids is 3. The fourth-order valence-corrected chi connectivity index (χ4v) is 4.56. The Balaban J connectivity index is 1.93. The summed E-state index contributed by atoms with van der Waals surface area (Å²) in [5.74, 6) is -1.32. The number of nitrogens with two attached hydrogens (primary N) is 1. The molecule has 0 saturated heterocycles. The van der Waals surface area contributed by atoms with Crippen LogP contribution in [0.5, 0.6) is 0 Å². The van der Waals surface area contributed by atoms with Gasteiger partial charge >= 0.3 is 5.97 Å². The van der Waals surface area contributed by atoms with Gasteiger partial charge in [-0.3, -0.25) is 19.3 Å². The first-order valence-corrected chi connectivity index (χ1v) is 10.1. The second-order valence-electron chi connectivity index (χ2n) is 8.77. The highest BCUT2D eigenvalue weighted by Crippen LogP contribution is 2.55. The zero-order valence-corrected chi connectivity index (χ0v) is 17.7. The molecule has 2 aliphatic heterocycles. The molecule has 31 heavy (non-hydrogen) atoms. The van der Waals surface area contributed by atoms with Crippen LogP contribution in [0.4, 0.5) is 5.69 Å². The van der Waals surface area contributed by atoms with E-state index in [1.54, 1.807) is 45.0 Å². The minimum atomic E-state index is -1.72. The quantitative estimate of drug-likeness (QED) is 0.727. The molecular weight excluding hydrogens is 398 g/mol. The van der Waals surface area contributed by atoms with Crippen LogP contribution in [0.3, 0.4) is 0 Å². The highest BCUT2D eigenvalue weighted by atomic mass is 16.6. The lowest BCUT2D eigenvalue weighted by atomic mass is 9.65. The molecule has 2 heterocycles. The van der Waals surface area contributed by atoms with Crippen molar-refractivity contribution in [1.82, 2.24) is 0 Å². The lowest BCUT2D eigenvalue weighted by Gasteiger charge is -2.37. The van der Waals surface area contributed by atoms with Crippen LogP contribution in [0, 0.1) is 11.3 Å². The van der Waals surface area contributed by atoms with E-state index in [0.717, 1.165) is 0 Å². The Hall–Kier alpha value is -3.60. The van der Waals surface area contributed by atoms with Gasteiger partial charge in [0, 0.05) is 24.1 Å². The van der Waals surface area contributed by atoms with Gasteiger partial charge in [-0.1, -0.05) is 18.2 Å². The molecule has 3 aliphatic rings. The van der Waals surface area contributed by atoms with Crippen molar-refractivity contribution >= 4 is 23.3 Å². The smallest absolute Gasteiger partial charge is 0.326 e. The predicted molar refractivity (Wildman–Crippen MR) is 110 cm³/mol. The van der Waals surface area contributed by atoms with Gasteiger partial charge in [0.05, 0.1) is 5.57 Å². The molecule has 0 fully saturated rings. The Bertz CT molecular complexity index is 1120. The van der Waals surface area contributed by atoms with Gasteiger partial charge in [-0.05, 0) is 33.3 Å². The standard InChI is InChI=1S/C23H23N3O5/c1-22(2,3)31-18(28)12-26-15-8-5-4-7-13(15)23(21(26)29)14(11-24)20(25)30-17-10-6-9-16(27)19(17)23/h4-5,7-8H,6,9-10,12,25H2,1-3H3. The first kappa shape index (κ1) is 20.7. The largest absolute Gasteiger partial charge is 0.459 e. The number of ether oxygens (including phenoxy) is 2. The number of nitriles is 1. The summed E-state index contributed by atoms with van der Waals surface area (Å²) in [6.07, 6.45) is 1.24. The summed E-state index contributed by atoms with van der Waals surface area (Å²) in [4.78, 5) is 40.9. The second kappa shape index (κ2) is 6.98. The van der Waals surface area contributed by atoms with Crippen LogP contribution >= 0.6 is 0 Å². The molecule has 8 heteroatoms. The van der Waals surface area contributed by atoms with Gasteiger partial charge in [-0.15, -0.1) is 0 Å². The number of fused-ring (bicyclic) bond motifs is 3. The molecule has 4 rings (SSSR count). The molecule has 1 aromatic rings. The number of ketones is 1. The number of carbonyl (C=O) groups is 3. The predicted octanol–water partition coefficient (Wildman–Crippen LogP) is 2.34. The maximum Gasteiger partial charge on any atom is 0.326 e. The first-order valence-electron chi connectivity index (χ1n) is 10.1. The zero-order valence-electron chi connectivity index (χ0n) is 17.7.